The first kappa shape index (κ1) is 40.8. The van der Waals surface area contributed by atoms with Gasteiger partial charge in [0.15, 0.2) is 0 Å². The Hall–Kier alpha value is -6.86. The Kier molecular flexibility index (Phi) is 13.3. The third kappa shape index (κ3) is 8.59. The van der Waals surface area contributed by atoms with E-state index < -0.39 is 0 Å². The van der Waals surface area contributed by atoms with Crippen molar-refractivity contribution in [2.75, 3.05) is 0 Å². The molecule has 6 heterocycles. The zero-order chi connectivity index (χ0) is 36.8. The average molecular weight is 931 g/mol. The fraction of sp³-hybridized carbons (Fsp3) is 0. The van der Waals surface area contributed by atoms with E-state index in [1.54, 1.807) is 0 Å². The summed E-state index contributed by atoms with van der Waals surface area (Å²) in [5.41, 5.74) is 15.4. The maximum atomic E-state index is 5.29. The van der Waals surface area contributed by atoms with Gasteiger partial charge in [0.25, 0.3) is 0 Å². The summed E-state index contributed by atoms with van der Waals surface area (Å²) in [4.78, 5) is 13.9. The number of para-hydroxylation sites is 1. The number of allylic oxidation sites excluding steroid dienone is 4. The molecule has 3 aromatic heterocycles. The van der Waals surface area contributed by atoms with E-state index in [4.69, 9.17) is 9.97 Å². The van der Waals surface area contributed by atoms with Crippen molar-refractivity contribution in [2.24, 2.45) is 0 Å². The van der Waals surface area contributed by atoms with Crippen molar-refractivity contribution >= 4 is 54.8 Å². The number of hydrogen-bond donors (Lipinski definition) is 2. The quantitative estimate of drug-likeness (QED) is 0.173. The van der Waals surface area contributed by atoms with Gasteiger partial charge in [-0.1, -0.05) is 121 Å². The van der Waals surface area contributed by atoms with E-state index in [2.05, 4.69) is 191 Å². The second-order valence-corrected chi connectivity index (χ2v) is 13.2. The van der Waals surface area contributed by atoms with Gasteiger partial charge in [-0.15, -0.1) is 0 Å². The summed E-state index contributed by atoms with van der Waals surface area (Å²) in [5, 5.41) is 2.92. The summed E-state index contributed by atoms with van der Waals surface area (Å²) in [7, 11) is 0. The summed E-state index contributed by atoms with van der Waals surface area (Å²) < 4.78 is 2.41. The average Bonchev–Trinajstić information content (AvgIpc) is 4.01. The molecule has 0 unspecified atom stereocenters. The molecule has 0 aliphatic carbocycles. The molecule has 10 rings (SSSR count). The van der Waals surface area contributed by atoms with E-state index in [1.165, 1.54) is 0 Å². The van der Waals surface area contributed by atoms with E-state index in [-0.39, 0.29) is 33.2 Å². The molecule has 4 radical (unpaired) electrons. The van der Waals surface area contributed by atoms with Crippen molar-refractivity contribution in [3.8, 4) is 39.1 Å². The minimum Gasteiger partial charge on any atom is -0.368 e. The summed E-state index contributed by atoms with van der Waals surface area (Å²) in [6.07, 6.45) is 20.0. The first-order valence-electron chi connectivity index (χ1n) is 18.4. The molecule has 3 aliphatic heterocycles. The molecule has 0 fully saturated rings. The van der Waals surface area contributed by atoms with Crippen molar-refractivity contribution in [1.29, 1.82) is 0 Å². The summed E-state index contributed by atoms with van der Waals surface area (Å²) in [5.74, 6) is 0. The van der Waals surface area contributed by atoms with E-state index in [1.807, 2.05) is 36.7 Å². The molecule has 0 spiro atoms. The molecule has 2 N–H and O–H groups in total. The Morgan fingerprint density at radius 3 is 1.48 bits per heavy atom. The standard InChI is InChI=1S/C44H30N4.C6H7N.B.FH.Ir/c1-5-13-30(14-6-1)41-39-26-25-36(47-39)28-35-22-21-33(45-35)27-34-23-24-37(46-34)29-40-42(31-15-7-2-8-16-31)43(32-17-9-3-10-18-32)44(41)48(40)38-19-11-4-12-20-38;1-2-4-6-7-5-3-1;;;/h1-29,45H;1-7H;;1H;. The number of nitrogens with one attached hydrogen (secondary N) is 2. The van der Waals surface area contributed by atoms with Crippen molar-refractivity contribution in [3.63, 3.8) is 0 Å². The Labute approximate surface area is 352 Å². The smallest absolute Gasteiger partial charge is 0.0737 e. The van der Waals surface area contributed by atoms with Gasteiger partial charge < -0.3 is 14.9 Å². The van der Waals surface area contributed by atoms with Gasteiger partial charge in [-0.2, -0.15) is 0 Å². The van der Waals surface area contributed by atoms with Gasteiger partial charge in [0.1, 0.15) is 0 Å². The van der Waals surface area contributed by atoms with E-state index >= 15 is 0 Å². The molecule has 58 heavy (non-hydrogen) atoms. The number of halogens is 1. The Morgan fingerprint density at radius 1 is 0.448 bits per heavy atom. The third-order valence-electron chi connectivity index (χ3n) is 9.59. The van der Waals surface area contributed by atoms with Gasteiger partial charge in [0, 0.05) is 74.3 Å². The molecule has 4 aromatic carbocycles. The number of fused-ring (bicyclic) bond motifs is 8. The number of aromatic nitrogens is 4. The number of benzene rings is 4. The van der Waals surface area contributed by atoms with Crippen LogP contribution in [0.1, 0.15) is 22.8 Å². The van der Waals surface area contributed by atoms with Crippen LogP contribution in [0.25, 0.3) is 85.4 Å². The number of H-pyrrole nitrogens is 1. The van der Waals surface area contributed by atoms with Crippen LogP contribution in [-0.4, -0.2) is 27.9 Å². The van der Waals surface area contributed by atoms with Crippen LogP contribution in [0.2, 0.25) is 0 Å². The maximum Gasteiger partial charge on any atom is 0.0737 e. The van der Waals surface area contributed by atoms with Gasteiger partial charge in [-0.05, 0) is 95.6 Å². The van der Waals surface area contributed by atoms with Crippen LogP contribution in [0, 0.1) is 0 Å². The van der Waals surface area contributed by atoms with Crippen LogP contribution in [0.4, 0.5) is 4.70 Å². The molecule has 7 aromatic rings. The zero-order valence-electron chi connectivity index (χ0n) is 31.4. The molecule has 8 bridgehead atoms. The topological polar surface area (TPSA) is 58.5 Å². The Balaban J connectivity index is 0.000000516. The van der Waals surface area contributed by atoms with Crippen molar-refractivity contribution < 1.29 is 24.8 Å². The summed E-state index contributed by atoms with van der Waals surface area (Å²) in [6.45, 7) is 0. The number of nitrogens with zero attached hydrogens (tertiary/aromatic N) is 3. The molecule has 5 nitrogen and oxygen atoms in total. The predicted molar refractivity (Wildman–Crippen MR) is 239 cm³/mol. The third-order valence-corrected chi connectivity index (χ3v) is 9.59. The fourth-order valence-electron chi connectivity index (χ4n) is 7.22. The zero-order valence-corrected chi connectivity index (χ0v) is 33.8. The predicted octanol–water partition coefficient (Wildman–Crippen LogP) is 12.1. The molecule has 8 heteroatoms. The molecule has 0 amide bonds. The van der Waals surface area contributed by atoms with Crippen LogP contribution in [0.3, 0.4) is 0 Å². The fourth-order valence-corrected chi connectivity index (χ4v) is 7.22. The minimum atomic E-state index is 0. The van der Waals surface area contributed by atoms with Gasteiger partial charge in [0.05, 0.1) is 33.8 Å². The molecule has 0 atom stereocenters. The van der Waals surface area contributed by atoms with Gasteiger partial charge in [-0.25, -0.2) is 9.97 Å². The van der Waals surface area contributed by atoms with Crippen molar-refractivity contribution in [3.05, 3.63) is 211 Å². The van der Waals surface area contributed by atoms with Gasteiger partial charge >= 0.3 is 0 Å². The van der Waals surface area contributed by atoms with Crippen molar-refractivity contribution in [1.82, 2.24) is 24.8 Å². The second kappa shape index (κ2) is 18.9. The van der Waals surface area contributed by atoms with Gasteiger partial charge in [0.2, 0.25) is 0 Å². The van der Waals surface area contributed by atoms with E-state index in [0.29, 0.717) is 0 Å². The molecule has 0 saturated carbocycles. The second-order valence-electron chi connectivity index (χ2n) is 13.2. The van der Waals surface area contributed by atoms with Crippen LogP contribution in [0.15, 0.2) is 188 Å². The van der Waals surface area contributed by atoms with Crippen LogP contribution in [-0.2, 0) is 20.1 Å². The van der Waals surface area contributed by atoms with Crippen molar-refractivity contribution in [2.45, 2.75) is 0 Å². The number of hydrogen-bond acceptors (Lipinski definition) is 3. The maximum absolute atomic E-state index is 5.29. The number of rotatable bonds is 4. The van der Waals surface area contributed by atoms with Crippen LogP contribution < -0.4 is 5.32 Å². The largest absolute Gasteiger partial charge is 0.368 e. The Morgan fingerprint density at radius 2 is 0.914 bits per heavy atom. The molecular weight excluding hydrogens is 893 g/mol. The monoisotopic (exact) mass is 931 g/mol. The van der Waals surface area contributed by atoms with Crippen LogP contribution in [0.5, 0.6) is 0 Å². The van der Waals surface area contributed by atoms with E-state index in [9.17, 15) is 0 Å². The normalized spacial score (nSPS) is 11.9. The van der Waals surface area contributed by atoms with Crippen LogP contribution >= 0.6 is 0 Å². The number of aromatic amines is 1. The van der Waals surface area contributed by atoms with Gasteiger partial charge in [-0.3, -0.25) is 4.70 Å². The molecule has 3 aliphatic rings. The first-order valence-corrected chi connectivity index (χ1v) is 18.4. The SMILES string of the molecule is C1=CC=CNC=C1.C1=Cc2cc3c(-c4ccccc4)c(-c4ccccc4)c(c(-c4ccccc4)c4nc(cc5ccc(cc1n2)[nH]5)C=C4)n3-c1ccccc1.F.[B].[Ir]. The molecule has 0 saturated heterocycles. The Bertz CT molecular complexity index is 2810. The molecular formula is C50H38BFIrN5. The van der Waals surface area contributed by atoms with E-state index in [0.717, 1.165) is 83.9 Å². The minimum absolute atomic E-state index is 0. The summed E-state index contributed by atoms with van der Waals surface area (Å²) in [6, 6.07) is 53.3. The summed E-state index contributed by atoms with van der Waals surface area (Å²) >= 11 is 0. The first-order chi connectivity index (χ1) is 27.3. The molecule has 282 valence electrons.